The summed E-state index contributed by atoms with van der Waals surface area (Å²) in [5, 5.41) is 0.242. The maximum atomic E-state index is 13.7. The number of rotatable bonds is 7. The highest BCUT2D eigenvalue weighted by Crippen LogP contribution is 2.39. The van der Waals surface area contributed by atoms with E-state index < -0.39 is 0 Å². The van der Waals surface area contributed by atoms with E-state index in [9.17, 15) is 4.39 Å². The van der Waals surface area contributed by atoms with Crippen molar-refractivity contribution in [1.29, 1.82) is 0 Å². The van der Waals surface area contributed by atoms with Crippen molar-refractivity contribution >= 4 is 11.6 Å². The minimum atomic E-state index is -0.264. The van der Waals surface area contributed by atoms with E-state index >= 15 is 0 Å². The van der Waals surface area contributed by atoms with Crippen LogP contribution in [0.3, 0.4) is 0 Å². The van der Waals surface area contributed by atoms with Crippen molar-refractivity contribution in [3.05, 3.63) is 34.6 Å². The van der Waals surface area contributed by atoms with Crippen LogP contribution >= 0.6 is 11.6 Å². The molecule has 2 heteroatoms. The fraction of sp³-hybridized carbons (Fsp3) is 0.750. The maximum Gasteiger partial charge on any atom is 0.142 e. The summed E-state index contributed by atoms with van der Waals surface area (Å²) in [5.74, 6) is 3.22. The summed E-state index contributed by atoms with van der Waals surface area (Å²) in [5.41, 5.74) is 1.15. The molecule has 0 radical (unpaired) electrons. The van der Waals surface area contributed by atoms with E-state index in [1.807, 2.05) is 6.07 Å². The van der Waals surface area contributed by atoms with Crippen molar-refractivity contribution in [2.24, 2.45) is 17.8 Å². The lowest BCUT2D eigenvalue weighted by atomic mass is 9.75. The molecule has 1 aromatic rings. The van der Waals surface area contributed by atoms with Gasteiger partial charge in [-0.15, -0.1) is 0 Å². The topological polar surface area (TPSA) is 0 Å². The molecule has 0 saturated heterocycles. The maximum absolute atomic E-state index is 13.7. The number of hydrogen-bond acceptors (Lipinski definition) is 0. The highest BCUT2D eigenvalue weighted by molar-refractivity contribution is 6.30. The summed E-state index contributed by atoms with van der Waals surface area (Å²) in [6.45, 7) is 2.32. The van der Waals surface area contributed by atoms with Crippen molar-refractivity contribution in [3.63, 3.8) is 0 Å². The first-order chi connectivity index (χ1) is 12.7. The Hall–Kier alpha value is -0.560. The predicted octanol–water partition coefficient (Wildman–Crippen LogP) is 8.53. The fourth-order valence-electron chi connectivity index (χ4n) is 5.46. The standard InChI is InChI=1S/C24H36ClF/c1-2-4-18-7-9-19(10-8-18)5-3-6-20-11-13-21(14-12-20)22-15-16-23(25)24(26)17-22/h15-21H,2-14H2,1H3. The number of hydrogen-bond donors (Lipinski definition) is 0. The van der Waals surface area contributed by atoms with Gasteiger partial charge in [-0.3, -0.25) is 0 Å². The second-order valence-electron chi connectivity index (χ2n) is 9.00. The lowest BCUT2D eigenvalue weighted by Crippen LogP contribution is -2.16. The van der Waals surface area contributed by atoms with Crippen LogP contribution < -0.4 is 0 Å². The molecule has 0 unspecified atom stereocenters. The van der Waals surface area contributed by atoms with Gasteiger partial charge in [0, 0.05) is 0 Å². The normalized spacial score (nSPS) is 29.7. The summed E-state index contributed by atoms with van der Waals surface area (Å²) in [4.78, 5) is 0. The highest BCUT2D eigenvalue weighted by Gasteiger charge is 2.24. The Labute approximate surface area is 164 Å². The average molecular weight is 379 g/mol. The van der Waals surface area contributed by atoms with Gasteiger partial charge in [0.25, 0.3) is 0 Å². The lowest BCUT2D eigenvalue weighted by Gasteiger charge is -2.31. The monoisotopic (exact) mass is 378 g/mol. The SMILES string of the molecule is CCCC1CCC(CCCC2CCC(c3ccc(Cl)c(F)c3)CC2)CC1. The van der Waals surface area contributed by atoms with Crippen LogP contribution in [-0.2, 0) is 0 Å². The second-order valence-corrected chi connectivity index (χ2v) is 9.40. The molecule has 0 spiro atoms. The van der Waals surface area contributed by atoms with Gasteiger partial charge in [-0.1, -0.05) is 82.4 Å². The molecule has 2 fully saturated rings. The molecule has 0 nitrogen and oxygen atoms in total. The smallest absolute Gasteiger partial charge is 0.142 e. The quantitative estimate of drug-likeness (QED) is 0.445. The van der Waals surface area contributed by atoms with Crippen molar-refractivity contribution in [3.8, 4) is 0 Å². The molecule has 0 N–H and O–H groups in total. The van der Waals surface area contributed by atoms with E-state index in [0.717, 1.165) is 23.3 Å². The average Bonchev–Trinajstić information content (AvgIpc) is 2.66. The molecule has 2 saturated carbocycles. The molecule has 0 aromatic heterocycles. The van der Waals surface area contributed by atoms with Crippen molar-refractivity contribution < 1.29 is 4.39 Å². The van der Waals surface area contributed by atoms with Gasteiger partial charge in [-0.25, -0.2) is 4.39 Å². The summed E-state index contributed by atoms with van der Waals surface area (Å²) < 4.78 is 13.7. The minimum Gasteiger partial charge on any atom is -0.205 e. The molecule has 0 aliphatic heterocycles. The van der Waals surface area contributed by atoms with Gasteiger partial charge in [0.05, 0.1) is 5.02 Å². The van der Waals surface area contributed by atoms with E-state index in [2.05, 4.69) is 6.92 Å². The van der Waals surface area contributed by atoms with Crippen LogP contribution in [0.15, 0.2) is 18.2 Å². The Kier molecular flexibility index (Phi) is 7.85. The molecule has 0 amide bonds. The lowest BCUT2D eigenvalue weighted by molar-refractivity contribution is 0.236. The zero-order chi connectivity index (χ0) is 18.4. The van der Waals surface area contributed by atoms with Crippen LogP contribution in [-0.4, -0.2) is 0 Å². The van der Waals surface area contributed by atoms with Gasteiger partial charge in [0.2, 0.25) is 0 Å². The third-order valence-corrected chi connectivity index (χ3v) is 7.46. The van der Waals surface area contributed by atoms with Crippen LogP contribution in [0.25, 0.3) is 0 Å². The molecule has 2 aliphatic rings. The minimum absolute atomic E-state index is 0.242. The Morgan fingerprint density at radius 3 is 1.92 bits per heavy atom. The third-order valence-electron chi connectivity index (χ3n) is 7.15. The number of halogens is 2. The van der Waals surface area contributed by atoms with E-state index in [4.69, 9.17) is 11.6 Å². The molecule has 0 heterocycles. The Morgan fingerprint density at radius 2 is 1.38 bits per heavy atom. The highest BCUT2D eigenvalue weighted by atomic mass is 35.5. The molecule has 0 atom stereocenters. The molecule has 3 rings (SSSR count). The van der Waals surface area contributed by atoms with Gasteiger partial charge >= 0.3 is 0 Å². The Bertz CT molecular complexity index is 539. The van der Waals surface area contributed by atoms with Crippen LogP contribution in [0.4, 0.5) is 4.39 Å². The number of benzene rings is 1. The first-order valence-electron chi connectivity index (χ1n) is 11.1. The van der Waals surface area contributed by atoms with Gasteiger partial charge in [-0.2, -0.15) is 0 Å². The van der Waals surface area contributed by atoms with E-state index in [-0.39, 0.29) is 10.8 Å². The zero-order valence-electron chi connectivity index (χ0n) is 16.5. The molecular formula is C24H36ClF. The summed E-state index contributed by atoms with van der Waals surface area (Å²) >= 11 is 5.81. The van der Waals surface area contributed by atoms with Gasteiger partial charge in [0.1, 0.15) is 5.82 Å². The van der Waals surface area contributed by atoms with Crippen LogP contribution in [0.5, 0.6) is 0 Å². The second kappa shape index (κ2) is 10.1. The van der Waals surface area contributed by atoms with Gasteiger partial charge < -0.3 is 0 Å². The van der Waals surface area contributed by atoms with Crippen molar-refractivity contribution in [2.75, 3.05) is 0 Å². The van der Waals surface area contributed by atoms with Crippen molar-refractivity contribution in [2.45, 2.75) is 96.3 Å². The van der Waals surface area contributed by atoms with E-state index in [1.165, 1.54) is 83.5 Å². The predicted molar refractivity (Wildman–Crippen MR) is 110 cm³/mol. The van der Waals surface area contributed by atoms with Crippen LogP contribution in [0, 0.1) is 23.6 Å². The van der Waals surface area contributed by atoms with E-state index in [1.54, 1.807) is 12.1 Å². The zero-order valence-corrected chi connectivity index (χ0v) is 17.2. The molecule has 146 valence electrons. The third kappa shape index (κ3) is 5.72. The molecule has 2 aliphatic carbocycles. The first-order valence-corrected chi connectivity index (χ1v) is 11.5. The first kappa shape index (κ1) is 20.2. The van der Waals surface area contributed by atoms with E-state index in [0.29, 0.717) is 5.92 Å². The van der Waals surface area contributed by atoms with Crippen molar-refractivity contribution in [1.82, 2.24) is 0 Å². The molecular weight excluding hydrogens is 343 g/mol. The Balaban J connectivity index is 1.32. The summed E-state index contributed by atoms with van der Waals surface area (Å²) in [7, 11) is 0. The summed E-state index contributed by atoms with van der Waals surface area (Å²) in [6, 6.07) is 5.39. The van der Waals surface area contributed by atoms with Crippen LogP contribution in [0.2, 0.25) is 5.02 Å². The van der Waals surface area contributed by atoms with Gasteiger partial charge in [0.15, 0.2) is 0 Å². The van der Waals surface area contributed by atoms with Crippen LogP contribution in [0.1, 0.15) is 102 Å². The largest absolute Gasteiger partial charge is 0.205 e. The van der Waals surface area contributed by atoms with Gasteiger partial charge in [-0.05, 0) is 67.1 Å². The molecule has 1 aromatic carbocycles. The molecule has 26 heavy (non-hydrogen) atoms. The summed E-state index contributed by atoms with van der Waals surface area (Å²) in [6.07, 6.45) is 18.1. The fourth-order valence-corrected chi connectivity index (χ4v) is 5.58. The molecule has 0 bridgehead atoms. The Morgan fingerprint density at radius 1 is 0.846 bits per heavy atom.